The number of amides is 6. The molecule has 18 heteroatoms. The molecular formula is C47H54N8O10. The fourth-order valence-corrected chi connectivity index (χ4v) is 7.12. The van der Waals surface area contributed by atoms with Crippen LogP contribution in [0.25, 0.3) is 10.9 Å². The van der Waals surface area contributed by atoms with Crippen molar-refractivity contribution in [1.29, 1.82) is 0 Å². The van der Waals surface area contributed by atoms with Crippen molar-refractivity contribution in [3.63, 3.8) is 0 Å². The van der Waals surface area contributed by atoms with Crippen molar-refractivity contribution in [3.05, 3.63) is 132 Å². The van der Waals surface area contributed by atoms with Gasteiger partial charge in [-0.3, -0.25) is 28.8 Å². The molecule has 0 spiro atoms. The van der Waals surface area contributed by atoms with Gasteiger partial charge in [-0.25, -0.2) is 4.79 Å². The highest BCUT2D eigenvalue weighted by Crippen LogP contribution is 2.20. The van der Waals surface area contributed by atoms with Crippen LogP contribution in [0.2, 0.25) is 0 Å². The first-order valence-corrected chi connectivity index (χ1v) is 20.9. The zero-order valence-corrected chi connectivity index (χ0v) is 35.8. The number of aromatic hydroxyl groups is 2. The number of carbonyl (C=O) groups excluding carboxylic acids is 6. The van der Waals surface area contributed by atoms with Crippen LogP contribution in [-0.2, 0) is 59.2 Å². The highest BCUT2D eigenvalue weighted by molar-refractivity contribution is 5.98. The lowest BCUT2D eigenvalue weighted by atomic mass is 9.99. The number of carboxylic acid groups (broad SMARTS) is 1. The fraction of sp³-hybridized carbons (Fsp3) is 0.298. The average molecular weight is 891 g/mol. The molecule has 0 saturated heterocycles. The number of aromatic nitrogens is 1. The number of H-pyrrole nitrogens is 1. The Morgan fingerprint density at radius 1 is 0.554 bits per heavy atom. The molecule has 5 aromatic rings. The Morgan fingerprint density at radius 2 is 1.03 bits per heavy atom. The third-order valence-corrected chi connectivity index (χ3v) is 10.7. The Kier molecular flexibility index (Phi) is 16.8. The number of benzene rings is 4. The van der Waals surface area contributed by atoms with E-state index < -0.39 is 90.0 Å². The van der Waals surface area contributed by atoms with Crippen molar-refractivity contribution in [1.82, 2.24) is 31.6 Å². The highest BCUT2D eigenvalue weighted by Gasteiger charge is 2.35. The molecule has 5 rings (SSSR count). The summed E-state index contributed by atoms with van der Waals surface area (Å²) in [6.07, 6.45) is 0.595. The van der Waals surface area contributed by atoms with E-state index in [1.54, 1.807) is 86.8 Å². The number of hydrogen-bond acceptors (Lipinski definition) is 10. The van der Waals surface area contributed by atoms with Crippen LogP contribution in [0.1, 0.15) is 42.5 Å². The van der Waals surface area contributed by atoms with Gasteiger partial charge in [-0.2, -0.15) is 0 Å². The summed E-state index contributed by atoms with van der Waals surface area (Å²) in [7, 11) is 0. The lowest BCUT2D eigenvalue weighted by Gasteiger charge is -2.28. The number of fused-ring (bicyclic) bond motifs is 1. The number of nitrogens with one attached hydrogen (secondary N) is 6. The highest BCUT2D eigenvalue weighted by atomic mass is 16.4. The molecule has 6 atom stereocenters. The zero-order chi connectivity index (χ0) is 47.2. The summed E-state index contributed by atoms with van der Waals surface area (Å²) < 4.78 is 0. The molecule has 0 bridgehead atoms. The van der Waals surface area contributed by atoms with Crippen LogP contribution in [-0.4, -0.2) is 98.0 Å². The van der Waals surface area contributed by atoms with Gasteiger partial charge in [-0.05, 0) is 64.9 Å². The molecule has 13 N–H and O–H groups in total. The lowest BCUT2D eigenvalue weighted by Crippen LogP contribution is -2.61. The van der Waals surface area contributed by atoms with E-state index in [2.05, 4.69) is 31.6 Å². The van der Waals surface area contributed by atoms with Crippen LogP contribution < -0.4 is 38.1 Å². The van der Waals surface area contributed by atoms with Gasteiger partial charge in [0.15, 0.2) is 0 Å². The summed E-state index contributed by atoms with van der Waals surface area (Å²) in [6, 6.07) is 19.5. The number of nitrogens with two attached hydrogens (primary N) is 2. The van der Waals surface area contributed by atoms with Crippen LogP contribution >= 0.6 is 0 Å². The van der Waals surface area contributed by atoms with Gasteiger partial charge >= 0.3 is 5.97 Å². The molecule has 0 aliphatic heterocycles. The topological polar surface area (TPSA) is 308 Å². The van der Waals surface area contributed by atoms with Crippen LogP contribution in [0.4, 0.5) is 0 Å². The van der Waals surface area contributed by atoms with Crippen molar-refractivity contribution in [2.45, 2.75) is 82.2 Å². The second kappa shape index (κ2) is 22.6. The van der Waals surface area contributed by atoms with Gasteiger partial charge in [0.1, 0.15) is 41.7 Å². The van der Waals surface area contributed by atoms with E-state index in [9.17, 15) is 48.9 Å². The predicted octanol–water partition coefficient (Wildman–Crippen LogP) is 1.22. The van der Waals surface area contributed by atoms with E-state index in [0.29, 0.717) is 22.3 Å². The Morgan fingerprint density at radius 3 is 1.62 bits per heavy atom. The van der Waals surface area contributed by atoms with Crippen LogP contribution in [0, 0.1) is 5.92 Å². The molecule has 0 aliphatic carbocycles. The SMILES string of the molecule is CC(C)[C@H](NC(=O)[C@@H](N)Cc1ccc(O)cc1)C(=O)N[C@@H](Cc1ccccc1)C(=O)N[C@@H](CC(N)=O)C(=O)N[C@@H](Cc1c[nH]c2ccccc12)C(=O)N[C@@H](Cc1ccc(O)cc1)C(=O)O. The van der Waals surface area contributed by atoms with Gasteiger partial charge < -0.3 is 58.4 Å². The third-order valence-electron chi connectivity index (χ3n) is 10.7. The smallest absolute Gasteiger partial charge is 0.326 e. The van der Waals surface area contributed by atoms with E-state index in [1.165, 1.54) is 36.4 Å². The molecule has 0 radical (unpaired) electrons. The first-order valence-electron chi connectivity index (χ1n) is 20.9. The minimum Gasteiger partial charge on any atom is -0.508 e. The van der Waals surface area contributed by atoms with E-state index in [0.717, 1.165) is 10.9 Å². The van der Waals surface area contributed by atoms with E-state index in [-0.39, 0.29) is 37.2 Å². The zero-order valence-electron chi connectivity index (χ0n) is 35.8. The maximum absolute atomic E-state index is 14.2. The van der Waals surface area contributed by atoms with E-state index in [1.807, 2.05) is 0 Å². The van der Waals surface area contributed by atoms with Crippen molar-refractivity contribution < 1.29 is 48.9 Å². The van der Waals surface area contributed by atoms with Gasteiger partial charge in [-0.1, -0.05) is 86.6 Å². The first-order chi connectivity index (χ1) is 31.0. The molecule has 4 aromatic carbocycles. The largest absolute Gasteiger partial charge is 0.508 e. The third kappa shape index (κ3) is 14.1. The van der Waals surface area contributed by atoms with Gasteiger partial charge in [0.2, 0.25) is 35.4 Å². The second-order valence-electron chi connectivity index (χ2n) is 16.1. The molecule has 18 nitrogen and oxygen atoms in total. The van der Waals surface area contributed by atoms with Crippen molar-refractivity contribution in [2.24, 2.45) is 17.4 Å². The summed E-state index contributed by atoms with van der Waals surface area (Å²) in [5, 5.41) is 43.1. The number of hydrogen-bond donors (Lipinski definition) is 11. The molecule has 342 valence electrons. The minimum atomic E-state index is -1.68. The molecule has 0 unspecified atom stereocenters. The summed E-state index contributed by atoms with van der Waals surface area (Å²) in [5.74, 6) is -7.03. The van der Waals surface area contributed by atoms with Gasteiger partial charge in [0, 0.05) is 36.4 Å². The van der Waals surface area contributed by atoms with Crippen LogP contribution in [0.15, 0.2) is 109 Å². The number of phenols is 2. The maximum atomic E-state index is 14.2. The Balaban J connectivity index is 1.37. The molecule has 0 aliphatic rings. The normalized spacial score (nSPS) is 13.9. The van der Waals surface area contributed by atoms with Crippen LogP contribution in [0.5, 0.6) is 11.5 Å². The maximum Gasteiger partial charge on any atom is 0.326 e. The fourth-order valence-electron chi connectivity index (χ4n) is 7.12. The van der Waals surface area contributed by atoms with Gasteiger partial charge in [0.25, 0.3) is 0 Å². The summed E-state index contributed by atoms with van der Waals surface area (Å²) in [4.78, 5) is 97.5. The van der Waals surface area contributed by atoms with Crippen molar-refractivity contribution in [2.75, 3.05) is 0 Å². The Labute approximate surface area is 374 Å². The summed E-state index contributed by atoms with van der Waals surface area (Å²) in [6.45, 7) is 3.37. The molecule has 65 heavy (non-hydrogen) atoms. The molecule has 6 amide bonds. The summed E-state index contributed by atoms with van der Waals surface area (Å²) in [5.41, 5.74) is 14.8. The number of carbonyl (C=O) groups is 7. The predicted molar refractivity (Wildman–Crippen MR) is 240 cm³/mol. The lowest BCUT2D eigenvalue weighted by molar-refractivity contribution is -0.142. The number of aromatic amines is 1. The first kappa shape index (κ1) is 48.3. The van der Waals surface area contributed by atoms with Gasteiger partial charge in [0.05, 0.1) is 12.5 Å². The molecule has 1 heterocycles. The quantitative estimate of drug-likeness (QED) is 0.0470. The monoisotopic (exact) mass is 890 g/mol. The van der Waals surface area contributed by atoms with Crippen molar-refractivity contribution >= 4 is 52.3 Å². The Hall–Kier alpha value is -7.73. The molecule has 1 aromatic heterocycles. The Bertz CT molecular complexity index is 2460. The van der Waals surface area contributed by atoms with Crippen molar-refractivity contribution in [3.8, 4) is 11.5 Å². The minimum absolute atomic E-state index is 0.0368. The molecular weight excluding hydrogens is 837 g/mol. The number of phenolic OH excluding ortho intramolecular Hbond substituents is 2. The van der Waals surface area contributed by atoms with E-state index in [4.69, 9.17) is 11.5 Å². The second-order valence-corrected chi connectivity index (χ2v) is 16.1. The molecule has 0 fully saturated rings. The number of aliphatic carboxylic acids is 1. The van der Waals surface area contributed by atoms with E-state index >= 15 is 0 Å². The number of para-hydroxylation sites is 1. The number of primary amides is 1. The molecule has 0 saturated carbocycles. The van der Waals surface area contributed by atoms with Crippen LogP contribution in [0.3, 0.4) is 0 Å². The average Bonchev–Trinajstić information content (AvgIpc) is 3.68. The van der Waals surface area contributed by atoms with Gasteiger partial charge in [-0.15, -0.1) is 0 Å². The number of rotatable bonds is 22. The number of carboxylic acids is 1. The summed E-state index contributed by atoms with van der Waals surface area (Å²) >= 11 is 0. The standard InChI is InChI=1S/C47H54N8O10/c1-26(2)41(55-42(59)34(48)20-28-12-16-31(56)17-13-28)46(63)53-36(21-27-8-4-3-5-9-27)43(60)52-38(24-40(49)58)45(62)51-37(23-30-25-50-35-11-7-6-10-33(30)35)44(61)54-39(47(64)65)22-29-14-18-32(57)19-15-29/h3-19,25-26,34,36-39,41,50,56-57H,20-24,48H2,1-2H3,(H2,49,58)(H,51,62)(H,52,60)(H,53,63)(H,54,61)(H,55,59)(H,64,65)/t34-,36-,37-,38-,39-,41-/m0/s1.